The molecular weight excluding hydrogens is 1180 g/mol. The van der Waals surface area contributed by atoms with Crippen molar-refractivity contribution in [3.05, 3.63) is 29.8 Å². The lowest BCUT2D eigenvalue weighted by atomic mass is 9.93. The first-order valence-electron chi connectivity index (χ1n) is 32.6. The number of rotatable bonds is 14. The van der Waals surface area contributed by atoms with Crippen LogP contribution in [0.4, 0.5) is 0 Å². The molecule has 0 spiro atoms. The maximum absolute atomic E-state index is 15.5. The second-order valence-electron chi connectivity index (χ2n) is 28.0. The summed E-state index contributed by atoms with van der Waals surface area (Å²) in [6.45, 7) is 30.1. The van der Waals surface area contributed by atoms with Crippen molar-refractivity contribution in [1.29, 1.82) is 0 Å². The minimum atomic E-state index is -1.36. The summed E-state index contributed by atoms with van der Waals surface area (Å²) >= 11 is 1.48. The molecule has 2 aliphatic rings. The van der Waals surface area contributed by atoms with Gasteiger partial charge in [0.05, 0.1) is 12.6 Å². The van der Waals surface area contributed by atoms with E-state index in [0.29, 0.717) is 6.42 Å². The molecule has 0 aromatic heterocycles. The predicted octanol–water partition coefficient (Wildman–Crippen LogP) is 5.16. The predicted molar refractivity (Wildman–Crippen MR) is 353 cm³/mol. The van der Waals surface area contributed by atoms with E-state index in [-0.39, 0.29) is 61.7 Å². The van der Waals surface area contributed by atoms with Gasteiger partial charge in [-0.05, 0) is 113 Å². The standard InChI is InChI=1S/C67H113N11O12S/c1-25-47-63(85)72(18)35-52(79)73(19)48(30-36(2)3)60(82)71-54(40(10)11)66(88)74(20)49(31-37(4)5)59(81)68-44(16)58(80)69-45(17)62(84)75(21)50(32-38(6)7)64(86)76(22)51(33-39(8)9)65(87)77(23)55(41(12)13)67(89)78(24)56(61(83)70-47)57-43(15)34-53(90-57)91-46-28-26-42(14)27-29-46/h26-29,36-41,43-45,47-51,53-57H,25,30-35H2,1-24H3,(H,68,81)(H,69,80)(H,70,83)(H,71,82)/t43-,44+,45-,47+,48+,49+,50+,51+,53+,54+,55+,56+,57-/m1/s1. The van der Waals surface area contributed by atoms with Crippen LogP contribution in [0, 0.1) is 48.3 Å². The third kappa shape index (κ3) is 21.4. The number of nitrogens with one attached hydrogen (secondary N) is 4. The zero-order chi connectivity index (χ0) is 69.5. The molecule has 11 amide bonds. The van der Waals surface area contributed by atoms with Crippen LogP contribution in [-0.4, -0.2) is 227 Å². The number of hydrogen-bond acceptors (Lipinski definition) is 13. The Labute approximate surface area is 547 Å². The van der Waals surface area contributed by atoms with Gasteiger partial charge in [0.1, 0.15) is 65.9 Å². The monoisotopic (exact) mass is 1300 g/mol. The Morgan fingerprint density at radius 3 is 1.42 bits per heavy atom. The molecule has 23 nitrogen and oxygen atoms in total. The summed E-state index contributed by atoms with van der Waals surface area (Å²) in [7, 11) is 10.2. The molecule has 2 fully saturated rings. The van der Waals surface area contributed by atoms with Crippen LogP contribution in [0.15, 0.2) is 29.2 Å². The average Bonchev–Trinajstić information content (AvgIpc) is 2.90. The SMILES string of the molecule is CC[C@@H]1NC(=O)[C@H]([C@@H]2O[C@@H](Sc3ccc(C)cc3)C[C@H]2C)N(C)C(=O)[C@H](C(C)C)N(C)C(=O)[C@H](CC(C)C)N(C)C(=O)[C@H](CC(C)C)N(C)C(=O)[C@@H](C)NC(=O)[C@H](C)NC(=O)[C@H](CC(C)C)N(C)C(=O)[C@H](C(C)C)NC(=O)[C@H](CC(C)C)N(C)C(=O)CN(C)C1=O. The van der Waals surface area contributed by atoms with E-state index in [0.717, 1.165) is 10.5 Å². The minimum absolute atomic E-state index is 0.0673. The molecular formula is C67H113N11O12S. The van der Waals surface area contributed by atoms with Gasteiger partial charge in [-0.3, -0.25) is 52.7 Å². The topological polar surface area (TPSA) is 268 Å². The van der Waals surface area contributed by atoms with Crippen LogP contribution in [0.2, 0.25) is 0 Å². The van der Waals surface area contributed by atoms with Gasteiger partial charge in [-0.25, -0.2) is 0 Å². The first-order valence-corrected chi connectivity index (χ1v) is 33.5. The lowest BCUT2D eigenvalue weighted by Crippen LogP contribution is -2.63. The van der Waals surface area contributed by atoms with Crippen LogP contribution in [-0.2, 0) is 57.5 Å². The van der Waals surface area contributed by atoms with E-state index >= 15 is 19.2 Å². The van der Waals surface area contributed by atoms with E-state index < -0.39 is 155 Å². The van der Waals surface area contributed by atoms with Gasteiger partial charge in [-0.2, -0.15) is 0 Å². The number of hydrogen-bond donors (Lipinski definition) is 4. The highest BCUT2D eigenvalue weighted by atomic mass is 32.2. The average molecular weight is 1300 g/mol. The largest absolute Gasteiger partial charge is 0.361 e. The van der Waals surface area contributed by atoms with Crippen LogP contribution < -0.4 is 21.3 Å². The van der Waals surface area contributed by atoms with Crippen molar-refractivity contribution in [3.8, 4) is 0 Å². The normalized spacial score (nSPS) is 28.4. The zero-order valence-corrected chi connectivity index (χ0v) is 60.0. The molecule has 0 aliphatic carbocycles. The summed E-state index contributed by atoms with van der Waals surface area (Å²) in [6.07, 6.45) is 0.318. The number of benzene rings is 1. The molecule has 24 heteroatoms. The van der Waals surface area contributed by atoms with E-state index in [9.17, 15) is 33.6 Å². The second kappa shape index (κ2) is 35.1. The van der Waals surface area contributed by atoms with Gasteiger partial charge in [0.15, 0.2) is 0 Å². The Kier molecular flexibility index (Phi) is 30.5. The van der Waals surface area contributed by atoms with E-state index in [2.05, 4.69) is 21.3 Å². The van der Waals surface area contributed by atoms with Gasteiger partial charge < -0.3 is 60.3 Å². The summed E-state index contributed by atoms with van der Waals surface area (Å²) in [5.41, 5.74) is 0.640. The molecule has 2 heterocycles. The molecule has 1 aromatic rings. The van der Waals surface area contributed by atoms with Crippen molar-refractivity contribution in [2.75, 3.05) is 55.9 Å². The summed E-state index contributed by atoms with van der Waals surface area (Å²) < 4.78 is 6.76. The van der Waals surface area contributed by atoms with Crippen LogP contribution in [0.5, 0.6) is 0 Å². The Morgan fingerprint density at radius 1 is 0.484 bits per heavy atom. The molecule has 0 radical (unpaired) electrons. The highest BCUT2D eigenvalue weighted by molar-refractivity contribution is 7.99. The minimum Gasteiger partial charge on any atom is -0.361 e. The molecule has 0 unspecified atom stereocenters. The maximum atomic E-state index is 15.5. The van der Waals surface area contributed by atoms with Gasteiger partial charge in [0.2, 0.25) is 65.0 Å². The number of amides is 11. The highest BCUT2D eigenvalue weighted by Crippen LogP contribution is 2.39. The van der Waals surface area contributed by atoms with Gasteiger partial charge in [0.25, 0.3) is 0 Å². The number of likely N-dealkylation sites (N-methyl/N-ethyl adjacent to an activating group) is 7. The smallest absolute Gasteiger partial charge is 0.246 e. The fraction of sp³-hybridized carbons (Fsp3) is 0.746. The maximum Gasteiger partial charge on any atom is 0.246 e. The van der Waals surface area contributed by atoms with E-state index in [1.54, 1.807) is 34.6 Å². The first-order chi connectivity index (χ1) is 42.2. The first kappa shape index (κ1) is 78.9. The van der Waals surface area contributed by atoms with Crippen molar-refractivity contribution < 1.29 is 57.5 Å². The summed E-state index contributed by atoms with van der Waals surface area (Å²) in [6, 6.07) is -3.97. The molecule has 4 N–H and O–H groups in total. The Balaban J connectivity index is 2.31. The zero-order valence-electron chi connectivity index (χ0n) is 59.2. The molecule has 0 bridgehead atoms. The summed E-state index contributed by atoms with van der Waals surface area (Å²) in [5, 5.41) is 11.2. The van der Waals surface area contributed by atoms with Gasteiger partial charge in [-0.1, -0.05) is 126 Å². The third-order valence-corrected chi connectivity index (χ3v) is 18.6. The van der Waals surface area contributed by atoms with Crippen molar-refractivity contribution in [1.82, 2.24) is 55.6 Å². The Hall–Kier alpha value is -6.30. The number of nitrogens with zero attached hydrogens (tertiary/aromatic N) is 7. The molecule has 91 heavy (non-hydrogen) atoms. The molecule has 0 saturated carbocycles. The summed E-state index contributed by atoms with van der Waals surface area (Å²) in [4.78, 5) is 172. The van der Waals surface area contributed by atoms with Crippen molar-refractivity contribution in [2.45, 2.75) is 233 Å². The molecule has 1 aromatic carbocycles. The lowest BCUT2D eigenvalue weighted by Gasteiger charge is -2.41. The second-order valence-corrected chi connectivity index (χ2v) is 29.2. The van der Waals surface area contributed by atoms with Crippen molar-refractivity contribution in [3.63, 3.8) is 0 Å². The lowest BCUT2D eigenvalue weighted by molar-refractivity contribution is -0.157. The Morgan fingerprint density at radius 2 is 0.934 bits per heavy atom. The number of carbonyl (C=O) groups excluding carboxylic acids is 11. The molecule has 13 atom stereocenters. The van der Waals surface area contributed by atoms with Gasteiger partial charge >= 0.3 is 0 Å². The quantitative estimate of drug-likeness (QED) is 0.188. The highest BCUT2D eigenvalue weighted by Gasteiger charge is 2.49. The number of thioether (sulfide) groups is 1. The number of aryl methyl sites for hydroxylation is 1. The molecule has 2 saturated heterocycles. The summed E-state index contributed by atoms with van der Waals surface area (Å²) in [5.74, 6) is -8.88. The fourth-order valence-electron chi connectivity index (χ4n) is 11.9. The van der Waals surface area contributed by atoms with Crippen LogP contribution >= 0.6 is 11.8 Å². The number of carbonyl (C=O) groups is 11. The van der Waals surface area contributed by atoms with Crippen LogP contribution in [0.25, 0.3) is 0 Å². The van der Waals surface area contributed by atoms with E-state index in [4.69, 9.17) is 4.74 Å². The molecule has 2 aliphatic heterocycles. The molecule has 3 rings (SSSR count). The number of ether oxygens (including phenoxy) is 1. The Bertz CT molecular complexity index is 2690. The van der Waals surface area contributed by atoms with Gasteiger partial charge in [0, 0.05) is 54.2 Å². The molecule has 514 valence electrons. The van der Waals surface area contributed by atoms with Crippen molar-refractivity contribution in [2.24, 2.45) is 41.4 Å². The van der Waals surface area contributed by atoms with E-state index in [1.807, 2.05) is 93.5 Å². The third-order valence-electron chi connectivity index (χ3n) is 17.5. The fourth-order valence-corrected chi connectivity index (χ4v) is 13.1. The van der Waals surface area contributed by atoms with Gasteiger partial charge in [-0.15, -0.1) is 0 Å². The van der Waals surface area contributed by atoms with Crippen LogP contribution in [0.1, 0.15) is 155 Å². The van der Waals surface area contributed by atoms with Crippen LogP contribution in [0.3, 0.4) is 0 Å². The van der Waals surface area contributed by atoms with E-state index in [1.165, 1.54) is 109 Å². The van der Waals surface area contributed by atoms with Crippen molar-refractivity contribution >= 4 is 76.7 Å².